The summed E-state index contributed by atoms with van der Waals surface area (Å²) in [5, 5.41) is 2.23. The van der Waals surface area contributed by atoms with E-state index in [2.05, 4.69) is 6.07 Å². The predicted molar refractivity (Wildman–Crippen MR) is 55.9 cm³/mol. The first-order valence-corrected chi connectivity index (χ1v) is 4.37. The van der Waals surface area contributed by atoms with Crippen LogP contribution in [-0.2, 0) is 0 Å². The highest BCUT2D eigenvalue weighted by Gasteiger charge is 2.04. The average molecular weight is 187 g/mol. The summed E-state index contributed by atoms with van der Waals surface area (Å²) in [5.41, 5.74) is 0. The summed E-state index contributed by atoms with van der Waals surface area (Å²) in [7, 11) is 3.27. The molecular formula is C12H11O2. The Balaban J connectivity index is 2.69. The Kier molecular flexibility index (Phi) is 2.27. The molecule has 0 aromatic heterocycles. The van der Waals surface area contributed by atoms with Gasteiger partial charge in [0.15, 0.2) is 11.5 Å². The second-order valence-electron chi connectivity index (χ2n) is 2.98. The molecule has 2 rings (SSSR count). The molecule has 2 aromatic rings. The monoisotopic (exact) mass is 187 g/mol. The van der Waals surface area contributed by atoms with Crippen LogP contribution in [0.2, 0.25) is 0 Å². The maximum atomic E-state index is 5.21. The molecule has 0 N–H and O–H groups in total. The fourth-order valence-electron chi connectivity index (χ4n) is 1.46. The van der Waals surface area contributed by atoms with E-state index in [1.54, 1.807) is 14.2 Å². The first-order chi connectivity index (χ1) is 6.85. The smallest absolute Gasteiger partial charge is 0.161 e. The van der Waals surface area contributed by atoms with Crippen LogP contribution in [0.15, 0.2) is 30.3 Å². The molecule has 2 heteroatoms. The van der Waals surface area contributed by atoms with E-state index in [4.69, 9.17) is 9.47 Å². The molecule has 2 aromatic carbocycles. The lowest BCUT2D eigenvalue weighted by Crippen LogP contribution is -1.90. The van der Waals surface area contributed by atoms with Crippen LogP contribution in [0.25, 0.3) is 10.8 Å². The molecule has 71 valence electrons. The van der Waals surface area contributed by atoms with Gasteiger partial charge in [-0.1, -0.05) is 12.1 Å². The normalized spacial score (nSPS) is 10.1. The van der Waals surface area contributed by atoms with Gasteiger partial charge >= 0.3 is 0 Å². The van der Waals surface area contributed by atoms with Crippen LogP contribution < -0.4 is 9.47 Å². The van der Waals surface area contributed by atoms with E-state index >= 15 is 0 Å². The van der Waals surface area contributed by atoms with E-state index in [9.17, 15) is 0 Å². The number of fused-ring (bicyclic) bond motifs is 1. The summed E-state index contributed by atoms with van der Waals surface area (Å²) in [5.74, 6) is 1.51. The van der Waals surface area contributed by atoms with Gasteiger partial charge in [-0.3, -0.25) is 0 Å². The quantitative estimate of drug-likeness (QED) is 0.719. The average Bonchev–Trinajstić information content (AvgIpc) is 2.27. The number of benzene rings is 2. The van der Waals surface area contributed by atoms with Gasteiger partial charge in [0.05, 0.1) is 14.2 Å². The zero-order valence-electron chi connectivity index (χ0n) is 8.20. The molecule has 0 aliphatic rings. The second-order valence-corrected chi connectivity index (χ2v) is 2.98. The van der Waals surface area contributed by atoms with Gasteiger partial charge in [-0.25, -0.2) is 0 Å². The summed E-state index contributed by atoms with van der Waals surface area (Å²) in [4.78, 5) is 0. The third-order valence-electron chi connectivity index (χ3n) is 2.19. The van der Waals surface area contributed by atoms with Crippen molar-refractivity contribution >= 4 is 10.8 Å². The van der Waals surface area contributed by atoms with Gasteiger partial charge in [-0.2, -0.15) is 0 Å². The van der Waals surface area contributed by atoms with Crippen LogP contribution in [0.5, 0.6) is 11.5 Å². The highest BCUT2D eigenvalue weighted by Crippen LogP contribution is 2.31. The number of rotatable bonds is 2. The standard InChI is InChI=1S/C12H11O2/c1-13-11-7-9-5-3-4-6-10(9)8-12(11)14-2/h3,5-8H,1-2H3. The summed E-state index contributed by atoms with van der Waals surface area (Å²) < 4.78 is 10.4. The van der Waals surface area contributed by atoms with Crippen molar-refractivity contribution in [3.8, 4) is 11.5 Å². The minimum atomic E-state index is 0.750. The van der Waals surface area contributed by atoms with Crippen LogP contribution in [-0.4, -0.2) is 14.2 Å². The molecule has 0 spiro atoms. The van der Waals surface area contributed by atoms with Crippen molar-refractivity contribution < 1.29 is 9.47 Å². The Hall–Kier alpha value is -1.70. The predicted octanol–water partition coefficient (Wildman–Crippen LogP) is 2.66. The van der Waals surface area contributed by atoms with Crippen molar-refractivity contribution in [3.05, 3.63) is 36.4 Å². The summed E-state index contributed by atoms with van der Waals surface area (Å²) in [6.45, 7) is 0. The van der Waals surface area contributed by atoms with Crippen molar-refractivity contribution in [1.29, 1.82) is 0 Å². The van der Waals surface area contributed by atoms with Crippen LogP contribution in [0.1, 0.15) is 0 Å². The Bertz CT molecular complexity index is 407. The molecule has 0 saturated heterocycles. The van der Waals surface area contributed by atoms with Gasteiger partial charge in [-0.05, 0) is 35.0 Å². The van der Waals surface area contributed by atoms with Crippen molar-refractivity contribution in [2.24, 2.45) is 0 Å². The lowest BCUT2D eigenvalue weighted by molar-refractivity contribution is 0.356. The maximum absolute atomic E-state index is 5.21. The van der Waals surface area contributed by atoms with Crippen LogP contribution in [0.4, 0.5) is 0 Å². The fraction of sp³-hybridized carbons (Fsp3) is 0.167. The van der Waals surface area contributed by atoms with Gasteiger partial charge in [0.2, 0.25) is 0 Å². The van der Waals surface area contributed by atoms with Crippen LogP contribution >= 0.6 is 0 Å². The van der Waals surface area contributed by atoms with E-state index in [1.165, 1.54) is 0 Å². The van der Waals surface area contributed by atoms with Crippen molar-refractivity contribution in [2.45, 2.75) is 0 Å². The number of hydrogen-bond acceptors (Lipinski definition) is 2. The minimum Gasteiger partial charge on any atom is -0.493 e. The van der Waals surface area contributed by atoms with Gasteiger partial charge in [0, 0.05) is 0 Å². The topological polar surface area (TPSA) is 18.5 Å². The zero-order chi connectivity index (χ0) is 9.97. The van der Waals surface area contributed by atoms with Crippen molar-refractivity contribution in [3.63, 3.8) is 0 Å². The van der Waals surface area contributed by atoms with Gasteiger partial charge in [0.1, 0.15) is 0 Å². The van der Waals surface area contributed by atoms with E-state index in [-0.39, 0.29) is 0 Å². The molecule has 1 radical (unpaired) electrons. The Morgan fingerprint density at radius 1 is 1.00 bits per heavy atom. The van der Waals surface area contributed by atoms with Gasteiger partial charge in [-0.15, -0.1) is 0 Å². The molecule has 0 fully saturated rings. The van der Waals surface area contributed by atoms with E-state index in [0.29, 0.717) is 0 Å². The molecule has 0 bridgehead atoms. The number of hydrogen-bond donors (Lipinski definition) is 0. The SMILES string of the molecule is COc1cc2c[c]ccc2cc1OC. The molecule has 0 unspecified atom stereocenters. The maximum Gasteiger partial charge on any atom is 0.161 e. The largest absolute Gasteiger partial charge is 0.493 e. The zero-order valence-corrected chi connectivity index (χ0v) is 8.20. The highest BCUT2D eigenvalue weighted by atomic mass is 16.5. The molecule has 0 saturated carbocycles. The van der Waals surface area contributed by atoms with Gasteiger partial charge < -0.3 is 9.47 Å². The number of ether oxygens (including phenoxy) is 2. The molecule has 0 aliphatic carbocycles. The van der Waals surface area contributed by atoms with Crippen LogP contribution in [0.3, 0.4) is 0 Å². The van der Waals surface area contributed by atoms with Crippen molar-refractivity contribution in [2.75, 3.05) is 14.2 Å². The Labute approximate surface area is 83.1 Å². The Morgan fingerprint density at radius 2 is 1.64 bits per heavy atom. The number of methoxy groups -OCH3 is 2. The van der Waals surface area contributed by atoms with E-state index in [1.807, 2.05) is 30.3 Å². The molecular weight excluding hydrogens is 176 g/mol. The van der Waals surface area contributed by atoms with Gasteiger partial charge in [0.25, 0.3) is 0 Å². The molecule has 2 nitrogen and oxygen atoms in total. The summed E-state index contributed by atoms with van der Waals surface area (Å²) in [6, 6.07) is 12.7. The lowest BCUT2D eigenvalue weighted by atomic mass is 10.1. The Morgan fingerprint density at radius 3 is 2.29 bits per heavy atom. The first kappa shape index (κ1) is 8.88. The first-order valence-electron chi connectivity index (χ1n) is 4.37. The lowest BCUT2D eigenvalue weighted by Gasteiger charge is -2.08. The fourth-order valence-corrected chi connectivity index (χ4v) is 1.46. The van der Waals surface area contributed by atoms with E-state index in [0.717, 1.165) is 22.3 Å². The van der Waals surface area contributed by atoms with E-state index < -0.39 is 0 Å². The van der Waals surface area contributed by atoms with Crippen LogP contribution in [0, 0.1) is 6.07 Å². The molecule has 0 aliphatic heterocycles. The minimum absolute atomic E-state index is 0.750. The summed E-state index contributed by atoms with van der Waals surface area (Å²) in [6.07, 6.45) is 0. The molecule has 0 atom stereocenters. The third kappa shape index (κ3) is 1.39. The molecule has 0 heterocycles. The summed E-state index contributed by atoms with van der Waals surface area (Å²) >= 11 is 0. The molecule has 14 heavy (non-hydrogen) atoms. The third-order valence-corrected chi connectivity index (χ3v) is 2.19. The second kappa shape index (κ2) is 3.58. The highest BCUT2D eigenvalue weighted by molar-refractivity contribution is 5.85. The molecule has 0 amide bonds. The van der Waals surface area contributed by atoms with Crippen molar-refractivity contribution in [1.82, 2.24) is 0 Å².